The molecule has 0 spiro atoms. The quantitative estimate of drug-likeness (QED) is 0.643. The Morgan fingerprint density at radius 1 is 1.21 bits per heavy atom. The minimum Gasteiger partial charge on any atom is -0.377 e. The highest BCUT2D eigenvalue weighted by atomic mass is 19.1. The maximum absolute atomic E-state index is 14.4. The standard InChI is InChI=1S/C22H33FN8O2/c1-20(2)16-13(11-31(20)19(32)30-9-8-25-21(3,4)22(30,5)6)17(29-28-16)27-18-14(23)10-24-15(26-18)12-33-7/h10,25H,8-9,11-12H2,1-7H3,(H2,24,26,27,28,29). The number of ether oxygens (including phenoxy) is 1. The summed E-state index contributed by atoms with van der Waals surface area (Å²) in [4.78, 5) is 25.7. The number of halogens is 1. The lowest BCUT2D eigenvalue weighted by Crippen LogP contribution is -2.72. The SMILES string of the molecule is COCc1ncc(F)c(Nc2n[nH]c3c2CN(C(=O)N2CCNC(C)(C)C2(C)C)C3(C)C)n1. The number of carbonyl (C=O) groups is 1. The molecule has 33 heavy (non-hydrogen) atoms. The Kier molecular flexibility index (Phi) is 5.60. The van der Waals surface area contributed by atoms with Gasteiger partial charge in [-0.15, -0.1) is 0 Å². The number of aromatic amines is 1. The van der Waals surface area contributed by atoms with E-state index in [4.69, 9.17) is 4.74 Å². The fraction of sp³-hybridized carbons (Fsp3) is 0.636. The number of aromatic nitrogens is 4. The molecule has 11 heteroatoms. The van der Waals surface area contributed by atoms with Gasteiger partial charge in [-0.1, -0.05) is 0 Å². The van der Waals surface area contributed by atoms with Crippen molar-refractivity contribution < 1.29 is 13.9 Å². The van der Waals surface area contributed by atoms with Crippen molar-refractivity contribution in [3.63, 3.8) is 0 Å². The van der Waals surface area contributed by atoms with Crippen LogP contribution in [0.1, 0.15) is 58.6 Å². The summed E-state index contributed by atoms with van der Waals surface area (Å²) in [6.07, 6.45) is 1.10. The summed E-state index contributed by atoms with van der Waals surface area (Å²) in [5.74, 6) is 0.212. The molecule has 0 atom stereocenters. The summed E-state index contributed by atoms with van der Waals surface area (Å²) in [7, 11) is 1.52. The molecule has 0 bridgehead atoms. The van der Waals surface area contributed by atoms with E-state index in [1.54, 1.807) is 0 Å². The van der Waals surface area contributed by atoms with Crippen LogP contribution in [0.5, 0.6) is 0 Å². The van der Waals surface area contributed by atoms with Crippen molar-refractivity contribution >= 4 is 17.7 Å². The van der Waals surface area contributed by atoms with Crippen molar-refractivity contribution in [2.45, 2.75) is 71.3 Å². The highest BCUT2D eigenvalue weighted by molar-refractivity contribution is 5.79. The van der Waals surface area contributed by atoms with Crippen LogP contribution in [0.3, 0.4) is 0 Å². The second kappa shape index (κ2) is 7.91. The molecule has 2 aromatic heterocycles. The van der Waals surface area contributed by atoms with Crippen LogP contribution in [0.25, 0.3) is 0 Å². The minimum atomic E-state index is -0.615. The van der Waals surface area contributed by atoms with Gasteiger partial charge in [0.25, 0.3) is 0 Å². The van der Waals surface area contributed by atoms with E-state index in [1.165, 1.54) is 7.11 Å². The number of anilines is 2. The largest absolute Gasteiger partial charge is 0.377 e. The number of fused-ring (bicyclic) bond motifs is 1. The number of nitrogens with zero attached hydrogens (tertiary/aromatic N) is 5. The molecule has 10 nitrogen and oxygen atoms in total. The molecule has 2 aromatic rings. The summed E-state index contributed by atoms with van der Waals surface area (Å²) in [5, 5.41) is 13.9. The number of hydrogen-bond donors (Lipinski definition) is 3. The maximum Gasteiger partial charge on any atom is 0.321 e. The Bertz CT molecular complexity index is 1060. The van der Waals surface area contributed by atoms with Gasteiger partial charge in [0, 0.05) is 31.3 Å². The number of rotatable bonds is 4. The first-order chi connectivity index (χ1) is 15.4. The van der Waals surface area contributed by atoms with E-state index in [1.807, 2.05) is 23.6 Å². The summed E-state index contributed by atoms with van der Waals surface area (Å²) in [5.41, 5.74) is 0.382. The van der Waals surface area contributed by atoms with Crippen molar-refractivity contribution in [3.8, 4) is 0 Å². The Balaban J connectivity index is 1.61. The van der Waals surface area contributed by atoms with Crippen LogP contribution in [-0.4, -0.2) is 67.3 Å². The molecule has 0 radical (unpaired) electrons. The molecule has 180 valence electrons. The lowest BCUT2D eigenvalue weighted by Gasteiger charge is -2.55. The van der Waals surface area contributed by atoms with Gasteiger partial charge in [-0.2, -0.15) is 5.10 Å². The fourth-order valence-corrected chi connectivity index (χ4v) is 4.52. The third-order valence-electron chi connectivity index (χ3n) is 7.34. The lowest BCUT2D eigenvalue weighted by atomic mass is 9.79. The van der Waals surface area contributed by atoms with Gasteiger partial charge in [-0.3, -0.25) is 5.10 Å². The van der Waals surface area contributed by atoms with E-state index in [9.17, 15) is 9.18 Å². The van der Waals surface area contributed by atoms with Gasteiger partial charge in [0.1, 0.15) is 6.61 Å². The molecule has 0 aromatic carbocycles. The normalized spacial score (nSPS) is 20.6. The predicted molar refractivity (Wildman–Crippen MR) is 121 cm³/mol. The monoisotopic (exact) mass is 460 g/mol. The number of piperazine rings is 1. The average molecular weight is 461 g/mol. The number of methoxy groups -OCH3 is 1. The summed E-state index contributed by atoms with van der Waals surface area (Å²) in [6.45, 7) is 14.2. The van der Waals surface area contributed by atoms with Gasteiger partial charge in [0.15, 0.2) is 23.3 Å². The van der Waals surface area contributed by atoms with Crippen molar-refractivity contribution in [1.82, 2.24) is 35.3 Å². The number of carbonyl (C=O) groups excluding carboxylic acids is 1. The van der Waals surface area contributed by atoms with Crippen LogP contribution in [0, 0.1) is 5.82 Å². The van der Waals surface area contributed by atoms with E-state index in [-0.39, 0.29) is 24.0 Å². The third kappa shape index (κ3) is 3.72. The molecular formula is C22H33FN8O2. The van der Waals surface area contributed by atoms with Crippen molar-refractivity contribution in [1.29, 1.82) is 0 Å². The molecule has 3 N–H and O–H groups in total. The van der Waals surface area contributed by atoms with Gasteiger partial charge < -0.3 is 25.2 Å². The maximum atomic E-state index is 14.4. The van der Waals surface area contributed by atoms with Crippen molar-refractivity contribution in [3.05, 3.63) is 29.1 Å². The van der Waals surface area contributed by atoms with Gasteiger partial charge in [0.05, 0.1) is 29.5 Å². The van der Waals surface area contributed by atoms with Crippen molar-refractivity contribution in [2.24, 2.45) is 0 Å². The summed E-state index contributed by atoms with van der Waals surface area (Å²) in [6, 6.07) is -0.0364. The second-order valence-electron chi connectivity index (χ2n) is 10.2. The van der Waals surface area contributed by atoms with E-state index >= 15 is 0 Å². The first kappa shape index (κ1) is 23.4. The van der Waals surface area contributed by atoms with Gasteiger partial charge in [-0.25, -0.2) is 19.2 Å². The Morgan fingerprint density at radius 2 is 1.94 bits per heavy atom. The average Bonchev–Trinajstić information content (AvgIpc) is 3.24. The van der Waals surface area contributed by atoms with Crippen LogP contribution in [-0.2, 0) is 23.4 Å². The molecule has 1 saturated heterocycles. The molecule has 2 aliphatic rings. The Labute approximate surface area is 193 Å². The van der Waals surface area contributed by atoms with Crippen LogP contribution >= 0.6 is 0 Å². The Hall–Kier alpha value is -2.79. The van der Waals surface area contributed by atoms with Crippen LogP contribution < -0.4 is 10.6 Å². The van der Waals surface area contributed by atoms with Crippen LogP contribution in [0.4, 0.5) is 20.8 Å². The molecular weight excluding hydrogens is 427 g/mol. The van der Waals surface area contributed by atoms with Crippen molar-refractivity contribution in [2.75, 3.05) is 25.5 Å². The van der Waals surface area contributed by atoms with E-state index < -0.39 is 16.9 Å². The fourth-order valence-electron chi connectivity index (χ4n) is 4.52. The zero-order valence-electron chi connectivity index (χ0n) is 20.3. The molecule has 1 fully saturated rings. The zero-order valence-corrected chi connectivity index (χ0v) is 20.3. The minimum absolute atomic E-state index is 0.0129. The highest BCUT2D eigenvalue weighted by Gasteiger charge is 2.51. The lowest BCUT2D eigenvalue weighted by molar-refractivity contribution is 0.00829. The molecule has 0 aliphatic carbocycles. The number of hydrogen-bond acceptors (Lipinski definition) is 7. The van der Waals surface area contributed by atoms with E-state index in [0.29, 0.717) is 24.7 Å². The summed E-state index contributed by atoms with van der Waals surface area (Å²) < 4.78 is 19.4. The highest BCUT2D eigenvalue weighted by Crippen LogP contribution is 2.43. The first-order valence-corrected chi connectivity index (χ1v) is 11.1. The molecule has 4 heterocycles. The first-order valence-electron chi connectivity index (χ1n) is 11.1. The van der Waals surface area contributed by atoms with Gasteiger partial charge in [-0.05, 0) is 41.5 Å². The topological polar surface area (TPSA) is 111 Å². The number of nitrogens with one attached hydrogen (secondary N) is 3. The van der Waals surface area contributed by atoms with Crippen LogP contribution in [0.15, 0.2) is 6.20 Å². The third-order valence-corrected chi connectivity index (χ3v) is 7.34. The predicted octanol–water partition coefficient (Wildman–Crippen LogP) is 2.86. The van der Waals surface area contributed by atoms with Crippen LogP contribution in [0.2, 0.25) is 0 Å². The van der Waals surface area contributed by atoms with E-state index in [2.05, 4.69) is 58.5 Å². The Morgan fingerprint density at radius 3 is 2.64 bits per heavy atom. The zero-order chi connectivity index (χ0) is 24.2. The molecule has 4 rings (SSSR count). The second-order valence-corrected chi connectivity index (χ2v) is 10.2. The molecule has 2 aliphatic heterocycles. The number of amides is 2. The number of H-pyrrole nitrogens is 1. The van der Waals surface area contributed by atoms with Gasteiger partial charge >= 0.3 is 6.03 Å². The van der Waals surface area contributed by atoms with E-state index in [0.717, 1.165) is 24.0 Å². The smallest absolute Gasteiger partial charge is 0.321 e. The molecule has 0 unspecified atom stereocenters. The van der Waals surface area contributed by atoms with Gasteiger partial charge in [0.2, 0.25) is 0 Å². The number of urea groups is 1. The summed E-state index contributed by atoms with van der Waals surface area (Å²) >= 11 is 0. The molecule has 0 saturated carbocycles. The molecule has 2 amide bonds.